The highest BCUT2D eigenvalue weighted by atomic mass is 32.1. The predicted molar refractivity (Wildman–Crippen MR) is 119 cm³/mol. The summed E-state index contributed by atoms with van der Waals surface area (Å²) < 4.78 is 0. The van der Waals surface area contributed by atoms with Gasteiger partial charge in [0.1, 0.15) is 0 Å². The van der Waals surface area contributed by atoms with Gasteiger partial charge < -0.3 is 15.5 Å². The lowest BCUT2D eigenvalue weighted by Crippen LogP contribution is -2.46. The fourth-order valence-corrected chi connectivity index (χ4v) is 4.09. The predicted octanol–water partition coefficient (Wildman–Crippen LogP) is 3.43. The zero-order valence-corrected chi connectivity index (χ0v) is 17.6. The number of carbonyl (C=O) groups is 3. The van der Waals surface area contributed by atoms with E-state index in [4.69, 9.17) is 0 Å². The fraction of sp³-hybridized carbons (Fsp3) is 0.217. The van der Waals surface area contributed by atoms with Gasteiger partial charge in [0.15, 0.2) is 0 Å². The number of nitrogens with zero attached hydrogens (tertiary/aromatic N) is 2. The van der Waals surface area contributed by atoms with E-state index in [0.29, 0.717) is 47.6 Å². The Hall–Kier alpha value is -3.52. The molecular weight excluding hydrogens is 412 g/mol. The maximum atomic E-state index is 12.8. The lowest BCUT2D eigenvalue weighted by Gasteiger charge is -2.32. The van der Waals surface area contributed by atoms with Gasteiger partial charge in [-0.25, -0.2) is 0 Å². The molecule has 4 rings (SSSR count). The maximum absolute atomic E-state index is 12.8. The maximum Gasteiger partial charge on any atom is 0.265 e. The number of nitrogens with one attached hydrogen (secondary N) is 2. The van der Waals surface area contributed by atoms with Crippen LogP contribution in [0.3, 0.4) is 0 Å². The molecule has 1 saturated heterocycles. The zero-order chi connectivity index (χ0) is 21.6. The quantitative estimate of drug-likeness (QED) is 0.644. The van der Waals surface area contributed by atoms with Gasteiger partial charge in [0.05, 0.1) is 10.4 Å². The molecule has 3 heterocycles. The highest BCUT2D eigenvalue weighted by molar-refractivity contribution is 7.12. The summed E-state index contributed by atoms with van der Waals surface area (Å²) >= 11 is 1.38. The normalized spacial score (nSPS) is 14.1. The molecule has 31 heavy (non-hydrogen) atoms. The van der Waals surface area contributed by atoms with Crippen LogP contribution in [0.5, 0.6) is 0 Å². The van der Waals surface area contributed by atoms with Crippen LogP contribution in [0.15, 0.2) is 66.3 Å². The van der Waals surface area contributed by atoms with Crippen molar-refractivity contribution in [2.75, 3.05) is 18.4 Å². The number of piperidine rings is 1. The highest BCUT2D eigenvalue weighted by Crippen LogP contribution is 2.18. The second-order valence-electron chi connectivity index (χ2n) is 7.29. The van der Waals surface area contributed by atoms with Crippen LogP contribution in [0.1, 0.15) is 43.2 Å². The molecule has 1 aliphatic rings. The summed E-state index contributed by atoms with van der Waals surface area (Å²) in [7, 11) is 0. The average Bonchev–Trinajstić information content (AvgIpc) is 3.35. The number of rotatable bonds is 5. The van der Waals surface area contributed by atoms with E-state index in [1.165, 1.54) is 11.3 Å². The monoisotopic (exact) mass is 434 g/mol. The number of benzene rings is 1. The number of anilines is 1. The molecule has 2 N–H and O–H groups in total. The third-order valence-corrected chi connectivity index (χ3v) is 6.04. The van der Waals surface area contributed by atoms with Crippen molar-refractivity contribution >= 4 is 34.7 Å². The van der Waals surface area contributed by atoms with E-state index in [9.17, 15) is 14.4 Å². The van der Waals surface area contributed by atoms with Gasteiger partial charge >= 0.3 is 0 Å². The van der Waals surface area contributed by atoms with Crippen molar-refractivity contribution < 1.29 is 14.4 Å². The number of pyridine rings is 1. The van der Waals surface area contributed by atoms with Crippen molar-refractivity contribution in [1.82, 2.24) is 15.2 Å². The summed E-state index contributed by atoms with van der Waals surface area (Å²) in [6.07, 6.45) is 4.57. The van der Waals surface area contributed by atoms with Gasteiger partial charge in [-0.05, 0) is 60.7 Å². The fourth-order valence-electron chi connectivity index (χ4n) is 3.47. The Morgan fingerprint density at radius 1 is 0.935 bits per heavy atom. The van der Waals surface area contributed by atoms with E-state index in [1.807, 2.05) is 11.4 Å². The highest BCUT2D eigenvalue weighted by Gasteiger charge is 2.25. The average molecular weight is 435 g/mol. The van der Waals surface area contributed by atoms with Crippen LogP contribution in [0.25, 0.3) is 0 Å². The number of aromatic nitrogens is 1. The molecule has 3 amide bonds. The van der Waals surface area contributed by atoms with Crippen molar-refractivity contribution in [3.8, 4) is 0 Å². The lowest BCUT2D eigenvalue weighted by atomic mass is 10.0. The summed E-state index contributed by atoms with van der Waals surface area (Å²) in [5.74, 6) is -0.351. The van der Waals surface area contributed by atoms with Crippen LogP contribution in [0.4, 0.5) is 5.69 Å². The minimum Gasteiger partial charge on any atom is -0.349 e. The molecule has 1 aliphatic heterocycles. The molecule has 2 aromatic heterocycles. The van der Waals surface area contributed by atoms with Crippen LogP contribution in [-0.4, -0.2) is 46.7 Å². The minimum absolute atomic E-state index is 0.0339. The van der Waals surface area contributed by atoms with Crippen molar-refractivity contribution in [2.24, 2.45) is 0 Å². The molecule has 0 saturated carbocycles. The van der Waals surface area contributed by atoms with E-state index in [-0.39, 0.29) is 23.8 Å². The molecule has 0 atom stereocenters. The number of hydrogen-bond acceptors (Lipinski definition) is 5. The zero-order valence-electron chi connectivity index (χ0n) is 16.8. The second-order valence-corrected chi connectivity index (χ2v) is 8.24. The topological polar surface area (TPSA) is 91.4 Å². The number of likely N-dealkylation sites (tertiary alicyclic amines) is 1. The Morgan fingerprint density at radius 3 is 2.35 bits per heavy atom. The minimum atomic E-state index is -0.163. The molecule has 1 aromatic carbocycles. The third-order valence-electron chi connectivity index (χ3n) is 5.18. The third kappa shape index (κ3) is 5.16. The smallest absolute Gasteiger partial charge is 0.265 e. The second kappa shape index (κ2) is 9.53. The van der Waals surface area contributed by atoms with Gasteiger partial charge in [-0.2, -0.15) is 0 Å². The molecule has 7 nitrogen and oxygen atoms in total. The van der Waals surface area contributed by atoms with Gasteiger partial charge in [0.25, 0.3) is 17.7 Å². The van der Waals surface area contributed by atoms with Gasteiger partial charge in [-0.3, -0.25) is 19.4 Å². The summed E-state index contributed by atoms with van der Waals surface area (Å²) in [5, 5.41) is 7.70. The summed E-state index contributed by atoms with van der Waals surface area (Å²) in [4.78, 5) is 43.6. The van der Waals surface area contributed by atoms with Crippen LogP contribution in [0.2, 0.25) is 0 Å². The SMILES string of the molecule is O=C(NC1CCN(C(=O)c2ccc(NC(=O)c3cccs3)cc2)CC1)c1cccnc1. The number of hydrogen-bond donors (Lipinski definition) is 2. The summed E-state index contributed by atoms with van der Waals surface area (Å²) in [6.45, 7) is 1.15. The molecule has 0 unspecified atom stereocenters. The van der Waals surface area contributed by atoms with Gasteiger partial charge in [-0.15, -0.1) is 11.3 Å². The molecule has 8 heteroatoms. The Balaban J connectivity index is 1.28. The number of thiophene rings is 1. The first-order chi connectivity index (χ1) is 15.1. The van der Waals surface area contributed by atoms with E-state index in [0.717, 1.165) is 0 Å². The molecule has 0 radical (unpaired) electrons. The summed E-state index contributed by atoms with van der Waals surface area (Å²) in [5.41, 5.74) is 1.76. The van der Waals surface area contributed by atoms with Crippen molar-refractivity contribution in [3.63, 3.8) is 0 Å². The van der Waals surface area contributed by atoms with E-state index in [1.54, 1.807) is 59.8 Å². The first-order valence-corrected chi connectivity index (χ1v) is 10.9. The van der Waals surface area contributed by atoms with Crippen LogP contribution >= 0.6 is 11.3 Å². The Bertz CT molecular complexity index is 1040. The molecular formula is C23H22N4O3S. The van der Waals surface area contributed by atoms with Crippen LogP contribution in [0, 0.1) is 0 Å². The van der Waals surface area contributed by atoms with Gasteiger partial charge in [-0.1, -0.05) is 6.07 Å². The van der Waals surface area contributed by atoms with E-state index < -0.39 is 0 Å². The van der Waals surface area contributed by atoms with Crippen molar-refractivity contribution in [3.05, 3.63) is 82.3 Å². The van der Waals surface area contributed by atoms with E-state index >= 15 is 0 Å². The Morgan fingerprint density at radius 2 is 1.71 bits per heavy atom. The lowest BCUT2D eigenvalue weighted by molar-refractivity contribution is 0.0698. The molecule has 3 aromatic rings. The van der Waals surface area contributed by atoms with Crippen molar-refractivity contribution in [1.29, 1.82) is 0 Å². The largest absolute Gasteiger partial charge is 0.349 e. The number of amides is 3. The van der Waals surface area contributed by atoms with Crippen LogP contribution < -0.4 is 10.6 Å². The Labute approximate surface area is 184 Å². The molecule has 158 valence electrons. The van der Waals surface area contributed by atoms with Gasteiger partial charge in [0, 0.05) is 42.8 Å². The van der Waals surface area contributed by atoms with Gasteiger partial charge in [0.2, 0.25) is 0 Å². The molecule has 1 fully saturated rings. The standard InChI is InChI=1S/C23H22N4O3S/c28-21(17-3-1-11-24-15-17)25-19-9-12-27(13-10-19)23(30)16-5-7-18(8-6-16)26-22(29)20-4-2-14-31-20/h1-8,11,14-15,19H,9-10,12-13H2,(H,25,28)(H,26,29). The van der Waals surface area contributed by atoms with E-state index in [2.05, 4.69) is 15.6 Å². The molecule has 0 spiro atoms. The molecule has 0 bridgehead atoms. The Kier molecular flexibility index (Phi) is 6.37. The molecule has 0 aliphatic carbocycles. The number of carbonyl (C=O) groups excluding carboxylic acids is 3. The van der Waals surface area contributed by atoms with Crippen LogP contribution in [-0.2, 0) is 0 Å². The summed E-state index contributed by atoms with van der Waals surface area (Å²) in [6, 6.07) is 14.0. The van der Waals surface area contributed by atoms with Crippen molar-refractivity contribution in [2.45, 2.75) is 18.9 Å². The first-order valence-electron chi connectivity index (χ1n) is 10.1. The first kappa shape index (κ1) is 20.7.